The predicted octanol–water partition coefficient (Wildman–Crippen LogP) is 3.46. The second-order valence-electron chi connectivity index (χ2n) is 7.55. The lowest BCUT2D eigenvalue weighted by atomic mass is 10.1. The summed E-state index contributed by atoms with van der Waals surface area (Å²) in [5, 5.41) is 4.20. The molecule has 0 aliphatic rings. The molecule has 2 heterocycles. The first-order chi connectivity index (χ1) is 15.9. The van der Waals surface area contributed by atoms with Crippen LogP contribution in [-0.2, 0) is 27.7 Å². The fourth-order valence-corrected chi connectivity index (χ4v) is 4.88. The van der Waals surface area contributed by atoms with Crippen LogP contribution in [0.15, 0.2) is 84.0 Å². The average Bonchev–Trinajstić information content (AvgIpc) is 3.22. The van der Waals surface area contributed by atoms with Crippen LogP contribution < -0.4 is 10.0 Å². The number of aromatic amines is 1. The molecule has 0 bridgehead atoms. The molecule has 7 nitrogen and oxygen atoms in total. The molecule has 4 aromatic rings. The zero-order valence-electron chi connectivity index (χ0n) is 17.7. The molecule has 170 valence electrons. The number of hydrogen-bond acceptors (Lipinski definition) is 4. The molecule has 0 saturated carbocycles. The van der Waals surface area contributed by atoms with Gasteiger partial charge in [0.05, 0.1) is 4.90 Å². The number of nitrogens with one attached hydrogen (secondary N) is 3. The molecular formula is C24H23ClN4O3S. The lowest BCUT2D eigenvalue weighted by Gasteiger charge is -2.18. The lowest BCUT2D eigenvalue weighted by molar-refractivity contribution is -0.122. The molecule has 0 aliphatic carbocycles. The minimum Gasteiger partial charge on any atom is -0.361 e. The van der Waals surface area contributed by atoms with Crippen LogP contribution in [-0.4, -0.2) is 36.9 Å². The van der Waals surface area contributed by atoms with Gasteiger partial charge in [0.15, 0.2) is 0 Å². The number of rotatable bonds is 9. The van der Waals surface area contributed by atoms with Crippen molar-refractivity contribution in [3.63, 3.8) is 0 Å². The van der Waals surface area contributed by atoms with Crippen LogP contribution in [0.3, 0.4) is 0 Å². The Hall–Kier alpha value is -3.20. The summed E-state index contributed by atoms with van der Waals surface area (Å²) < 4.78 is 28.6. The summed E-state index contributed by atoms with van der Waals surface area (Å²) in [7, 11) is -3.95. The number of pyridine rings is 1. The van der Waals surface area contributed by atoms with Gasteiger partial charge in [0.25, 0.3) is 0 Å². The topological polar surface area (TPSA) is 104 Å². The smallest absolute Gasteiger partial charge is 0.241 e. The van der Waals surface area contributed by atoms with Crippen molar-refractivity contribution < 1.29 is 13.2 Å². The molecule has 1 amide bonds. The van der Waals surface area contributed by atoms with Crippen molar-refractivity contribution in [2.45, 2.75) is 23.8 Å². The van der Waals surface area contributed by atoms with Gasteiger partial charge in [0.2, 0.25) is 15.9 Å². The highest BCUT2D eigenvalue weighted by atomic mass is 35.5. The number of para-hydroxylation sites is 1. The number of aromatic nitrogens is 2. The molecule has 0 spiro atoms. The van der Waals surface area contributed by atoms with E-state index in [1.165, 1.54) is 24.3 Å². The summed E-state index contributed by atoms with van der Waals surface area (Å²) in [6.45, 7) is 0.336. The van der Waals surface area contributed by atoms with E-state index in [1.807, 2.05) is 42.5 Å². The van der Waals surface area contributed by atoms with Crippen molar-refractivity contribution in [1.82, 2.24) is 20.0 Å². The molecule has 2 aromatic heterocycles. The number of H-pyrrole nitrogens is 1. The Bertz CT molecular complexity index is 1340. The number of benzene rings is 2. The van der Waals surface area contributed by atoms with Gasteiger partial charge in [-0.1, -0.05) is 35.9 Å². The van der Waals surface area contributed by atoms with Gasteiger partial charge in [-0.25, -0.2) is 8.42 Å². The number of halogens is 1. The third kappa shape index (κ3) is 5.78. The largest absolute Gasteiger partial charge is 0.361 e. The van der Waals surface area contributed by atoms with Gasteiger partial charge < -0.3 is 10.3 Å². The maximum Gasteiger partial charge on any atom is 0.241 e. The zero-order chi connectivity index (χ0) is 23.3. The van der Waals surface area contributed by atoms with E-state index in [-0.39, 0.29) is 11.3 Å². The number of amides is 1. The Morgan fingerprint density at radius 1 is 1.03 bits per heavy atom. The molecular weight excluding hydrogens is 460 g/mol. The van der Waals surface area contributed by atoms with Gasteiger partial charge in [0.1, 0.15) is 6.04 Å². The molecule has 0 aliphatic heterocycles. The van der Waals surface area contributed by atoms with Crippen LogP contribution in [0.5, 0.6) is 0 Å². The third-order valence-corrected chi connectivity index (χ3v) is 6.98. The first kappa shape index (κ1) is 23.0. The summed E-state index contributed by atoms with van der Waals surface area (Å²) in [6.07, 6.45) is 4.22. The standard InChI is InChI=1S/C24H23ClN4O3S/c25-18-8-10-20(11-9-18)33(31,32)29-23(15-17-16-28-22-7-2-1-6-21(17)22)24(30)27-14-12-19-5-3-4-13-26-19/h1-11,13,16,23,28-29H,12,14-15H2,(H,27,30)/t23-/m0/s1. The molecule has 0 unspecified atom stereocenters. The van der Waals surface area contributed by atoms with E-state index in [4.69, 9.17) is 11.6 Å². The highest BCUT2D eigenvalue weighted by Crippen LogP contribution is 2.20. The van der Waals surface area contributed by atoms with Crippen molar-refractivity contribution in [3.05, 3.63) is 95.4 Å². The molecule has 33 heavy (non-hydrogen) atoms. The van der Waals surface area contributed by atoms with Crippen LogP contribution in [0.4, 0.5) is 0 Å². The first-order valence-electron chi connectivity index (χ1n) is 10.4. The number of hydrogen-bond donors (Lipinski definition) is 3. The zero-order valence-corrected chi connectivity index (χ0v) is 19.2. The van der Waals surface area contributed by atoms with Crippen molar-refractivity contribution >= 4 is 38.4 Å². The van der Waals surface area contributed by atoms with Gasteiger partial charge in [-0.15, -0.1) is 0 Å². The lowest BCUT2D eigenvalue weighted by Crippen LogP contribution is -2.48. The molecule has 1 atom stereocenters. The minimum atomic E-state index is -3.95. The Morgan fingerprint density at radius 3 is 2.55 bits per heavy atom. The molecule has 3 N–H and O–H groups in total. The highest BCUT2D eigenvalue weighted by molar-refractivity contribution is 7.89. The molecule has 0 saturated heterocycles. The number of fused-ring (bicyclic) bond motifs is 1. The van der Waals surface area contributed by atoms with Crippen LogP contribution in [0.2, 0.25) is 5.02 Å². The average molecular weight is 483 g/mol. The Kier molecular flexibility index (Phi) is 7.08. The van der Waals surface area contributed by atoms with Gasteiger partial charge in [-0.2, -0.15) is 4.72 Å². The molecule has 9 heteroatoms. The quantitative estimate of drug-likeness (QED) is 0.340. The van der Waals surface area contributed by atoms with E-state index < -0.39 is 22.0 Å². The number of carbonyl (C=O) groups excluding carboxylic acids is 1. The molecule has 0 fully saturated rings. The fourth-order valence-electron chi connectivity index (χ4n) is 3.56. The summed E-state index contributed by atoms with van der Waals surface area (Å²) >= 11 is 5.89. The maximum absolute atomic E-state index is 13.1. The van der Waals surface area contributed by atoms with Crippen molar-refractivity contribution in [1.29, 1.82) is 0 Å². The summed E-state index contributed by atoms with van der Waals surface area (Å²) in [5.41, 5.74) is 2.60. The summed E-state index contributed by atoms with van der Waals surface area (Å²) in [4.78, 5) is 20.5. The van der Waals surface area contributed by atoms with Gasteiger partial charge in [-0.05, 0) is 54.4 Å². The third-order valence-electron chi connectivity index (χ3n) is 5.24. The van der Waals surface area contributed by atoms with E-state index in [2.05, 4.69) is 20.0 Å². The van der Waals surface area contributed by atoms with Gasteiger partial charge in [-0.3, -0.25) is 9.78 Å². The summed E-state index contributed by atoms with van der Waals surface area (Å²) in [5.74, 6) is -0.409. The van der Waals surface area contributed by atoms with Crippen molar-refractivity contribution in [2.24, 2.45) is 0 Å². The monoisotopic (exact) mass is 482 g/mol. The van der Waals surface area contributed by atoms with E-state index in [9.17, 15) is 13.2 Å². The number of carbonyl (C=O) groups is 1. The Morgan fingerprint density at radius 2 is 1.79 bits per heavy atom. The van der Waals surface area contributed by atoms with E-state index in [1.54, 1.807) is 12.4 Å². The highest BCUT2D eigenvalue weighted by Gasteiger charge is 2.27. The van der Waals surface area contributed by atoms with E-state index in [0.29, 0.717) is 18.0 Å². The molecule has 2 aromatic carbocycles. The van der Waals surface area contributed by atoms with Crippen LogP contribution in [0.1, 0.15) is 11.3 Å². The summed E-state index contributed by atoms with van der Waals surface area (Å²) in [6, 6.07) is 18.1. The second-order valence-corrected chi connectivity index (χ2v) is 9.70. The van der Waals surface area contributed by atoms with E-state index >= 15 is 0 Å². The Balaban J connectivity index is 1.54. The van der Waals surface area contributed by atoms with Gasteiger partial charge in [0, 0.05) is 47.0 Å². The SMILES string of the molecule is O=C(NCCc1ccccn1)[C@H](Cc1c[nH]c2ccccc12)NS(=O)(=O)c1ccc(Cl)cc1. The molecule has 0 radical (unpaired) electrons. The fraction of sp³-hybridized carbons (Fsp3) is 0.167. The maximum atomic E-state index is 13.1. The first-order valence-corrected chi connectivity index (χ1v) is 12.3. The number of nitrogens with zero attached hydrogens (tertiary/aromatic N) is 1. The second kappa shape index (κ2) is 10.2. The van der Waals surface area contributed by atoms with Crippen LogP contribution >= 0.6 is 11.6 Å². The van der Waals surface area contributed by atoms with Crippen LogP contribution in [0, 0.1) is 0 Å². The van der Waals surface area contributed by atoms with Crippen LogP contribution in [0.25, 0.3) is 10.9 Å². The van der Waals surface area contributed by atoms with E-state index in [0.717, 1.165) is 22.2 Å². The number of sulfonamides is 1. The van der Waals surface area contributed by atoms with Crippen molar-refractivity contribution in [2.75, 3.05) is 6.54 Å². The Labute approximate surface area is 197 Å². The predicted molar refractivity (Wildman–Crippen MR) is 129 cm³/mol. The normalized spacial score (nSPS) is 12.5. The van der Waals surface area contributed by atoms with Gasteiger partial charge >= 0.3 is 0 Å². The minimum absolute atomic E-state index is 0.0390. The molecule has 4 rings (SSSR count). The van der Waals surface area contributed by atoms with Crippen molar-refractivity contribution in [3.8, 4) is 0 Å².